The van der Waals surface area contributed by atoms with E-state index in [9.17, 15) is 43.2 Å². The van der Waals surface area contributed by atoms with E-state index in [1.807, 2.05) is 0 Å². The minimum atomic E-state index is -4.95. The SMILES string of the molecule is CC(C)CCCCCCCCCCCCCCCCC(=O)OC[C@H](COP(=O)(O)OC[C@@H](O)COP(=O)(O)OC[C@@H](COC(=O)CCCCCCCCC(C)C)OC(=O)CCCCCCCCCCCC(C)C)OC(=O)CCCCCCCCCCCC(C)C. The highest BCUT2D eigenvalue weighted by atomic mass is 31.2. The molecule has 0 bridgehead atoms. The molecule has 0 aliphatic heterocycles. The van der Waals surface area contributed by atoms with Crippen LogP contribution < -0.4 is 0 Å². The lowest BCUT2D eigenvalue weighted by Crippen LogP contribution is -2.30. The summed E-state index contributed by atoms with van der Waals surface area (Å²) < 4.78 is 68.3. The van der Waals surface area contributed by atoms with Crippen molar-refractivity contribution >= 4 is 39.5 Å². The Balaban J connectivity index is 5.22. The summed E-state index contributed by atoms with van der Waals surface area (Å²) in [4.78, 5) is 72.5. The van der Waals surface area contributed by atoms with Crippen molar-refractivity contribution < 1.29 is 80.2 Å². The number of aliphatic hydroxyl groups excluding tert-OH is 1. The molecule has 90 heavy (non-hydrogen) atoms. The zero-order valence-electron chi connectivity index (χ0n) is 58.8. The number of phosphoric acid groups is 2. The van der Waals surface area contributed by atoms with Gasteiger partial charge in [-0.05, 0) is 49.4 Å². The topological polar surface area (TPSA) is 237 Å². The first kappa shape index (κ1) is 88.1. The number of phosphoric ester groups is 2. The average Bonchev–Trinajstić information content (AvgIpc) is 3.69. The molecule has 0 amide bonds. The zero-order valence-corrected chi connectivity index (χ0v) is 60.6. The van der Waals surface area contributed by atoms with Crippen LogP contribution in [0.4, 0.5) is 0 Å². The molecule has 0 saturated carbocycles. The number of aliphatic hydroxyl groups is 1. The molecule has 534 valence electrons. The molecular weight excluding hydrogens is 1190 g/mol. The molecule has 17 nitrogen and oxygen atoms in total. The molecule has 0 rings (SSSR count). The summed E-state index contributed by atoms with van der Waals surface area (Å²) in [7, 11) is -9.90. The van der Waals surface area contributed by atoms with Crippen LogP contribution in [-0.4, -0.2) is 96.7 Å². The molecule has 5 atom stereocenters. The fourth-order valence-electron chi connectivity index (χ4n) is 10.7. The fraction of sp³-hybridized carbons (Fsp3) is 0.944. The van der Waals surface area contributed by atoms with Gasteiger partial charge in [-0.3, -0.25) is 37.3 Å². The number of esters is 4. The van der Waals surface area contributed by atoms with Crippen molar-refractivity contribution in [2.45, 2.75) is 369 Å². The smallest absolute Gasteiger partial charge is 0.462 e. The Hall–Kier alpha value is -1.94. The first-order chi connectivity index (χ1) is 43.1. The van der Waals surface area contributed by atoms with Crippen LogP contribution in [0.1, 0.15) is 351 Å². The normalized spacial score (nSPS) is 14.3. The van der Waals surface area contributed by atoms with E-state index in [0.29, 0.717) is 31.6 Å². The maximum Gasteiger partial charge on any atom is 0.472 e. The van der Waals surface area contributed by atoms with E-state index in [2.05, 4.69) is 55.4 Å². The van der Waals surface area contributed by atoms with Crippen molar-refractivity contribution in [3.63, 3.8) is 0 Å². The Morgan fingerprint density at radius 3 is 0.689 bits per heavy atom. The van der Waals surface area contributed by atoms with Gasteiger partial charge in [0.1, 0.15) is 19.3 Å². The molecule has 3 N–H and O–H groups in total. The second-order valence-electron chi connectivity index (χ2n) is 27.5. The summed E-state index contributed by atoms with van der Waals surface area (Å²) in [5, 5.41) is 10.6. The van der Waals surface area contributed by atoms with Crippen LogP contribution in [0.25, 0.3) is 0 Å². The first-order valence-corrected chi connectivity index (χ1v) is 39.7. The van der Waals surface area contributed by atoms with E-state index in [4.69, 9.17) is 37.0 Å². The van der Waals surface area contributed by atoms with Crippen LogP contribution in [0.5, 0.6) is 0 Å². The Morgan fingerprint density at radius 1 is 0.278 bits per heavy atom. The lowest BCUT2D eigenvalue weighted by molar-refractivity contribution is -0.161. The largest absolute Gasteiger partial charge is 0.472 e. The van der Waals surface area contributed by atoms with Gasteiger partial charge in [-0.1, -0.05) is 299 Å². The Morgan fingerprint density at radius 2 is 0.467 bits per heavy atom. The van der Waals surface area contributed by atoms with Crippen LogP contribution in [0, 0.1) is 23.7 Å². The quantitative estimate of drug-likeness (QED) is 0.0222. The number of carbonyl (C=O) groups is 4. The number of hydrogen-bond acceptors (Lipinski definition) is 15. The van der Waals surface area contributed by atoms with Gasteiger partial charge >= 0.3 is 39.5 Å². The van der Waals surface area contributed by atoms with Crippen LogP contribution >= 0.6 is 15.6 Å². The molecule has 0 spiro atoms. The number of hydrogen-bond donors (Lipinski definition) is 3. The van der Waals surface area contributed by atoms with E-state index >= 15 is 0 Å². The van der Waals surface area contributed by atoms with E-state index in [1.165, 1.54) is 148 Å². The zero-order chi connectivity index (χ0) is 66.8. The monoisotopic (exact) mass is 1320 g/mol. The van der Waals surface area contributed by atoms with Gasteiger partial charge in [0, 0.05) is 25.7 Å². The van der Waals surface area contributed by atoms with Crippen molar-refractivity contribution in [2.24, 2.45) is 23.7 Å². The fourth-order valence-corrected chi connectivity index (χ4v) is 12.2. The van der Waals surface area contributed by atoms with Crippen molar-refractivity contribution in [1.29, 1.82) is 0 Å². The van der Waals surface area contributed by atoms with Gasteiger partial charge in [0.2, 0.25) is 0 Å². The van der Waals surface area contributed by atoms with Crippen molar-refractivity contribution in [1.82, 2.24) is 0 Å². The maximum atomic E-state index is 13.0. The third kappa shape index (κ3) is 64.8. The Labute approximate surface area is 549 Å². The van der Waals surface area contributed by atoms with Gasteiger partial charge in [0.25, 0.3) is 0 Å². The highest BCUT2D eigenvalue weighted by molar-refractivity contribution is 7.47. The summed E-state index contributed by atoms with van der Waals surface area (Å²) in [5.41, 5.74) is 0. The predicted octanol–water partition coefficient (Wildman–Crippen LogP) is 20.1. The molecule has 0 aromatic carbocycles. The third-order valence-corrected chi connectivity index (χ3v) is 18.2. The lowest BCUT2D eigenvalue weighted by Gasteiger charge is -2.21. The second-order valence-corrected chi connectivity index (χ2v) is 30.4. The average molecular weight is 1330 g/mol. The first-order valence-electron chi connectivity index (χ1n) is 36.7. The molecule has 0 aromatic rings. The molecule has 0 saturated heterocycles. The van der Waals surface area contributed by atoms with Gasteiger partial charge in [0.05, 0.1) is 26.4 Å². The molecular formula is C71H138O17P2. The highest BCUT2D eigenvalue weighted by Crippen LogP contribution is 2.45. The van der Waals surface area contributed by atoms with Crippen molar-refractivity contribution in [3.8, 4) is 0 Å². The standard InChI is InChI=1S/C71H138O17P2/c1-61(2)47-39-31-23-17-13-11-9-10-12-14-20-26-35-43-51-68(73)81-57-66(87-70(75)53-45-37-27-21-15-18-24-32-40-48-62(3)4)59-85-89(77,78)83-55-65(72)56-84-90(79,80)86-60-67(58-82-69(74)52-44-36-30-29-34-42-50-64(7)8)88-71(76)54-46-38-28-22-16-19-25-33-41-49-63(5)6/h61-67,72H,9-60H2,1-8H3,(H,77,78)(H,79,80)/t65-,66-,67-/m1/s1. The highest BCUT2D eigenvalue weighted by Gasteiger charge is 2.30. The molecule has 2 unspecified atom stereocenters. The number of carbonyl (C=O) groups excluding carboxylic acids is 4. The van der Waals surface area contributed by atoms with Crippen molar-refractivity contribution in [3.05, 3.63) is 0 Å². The second kappa shape index (κ2) is 60.7. The minimum Gasteiger partial charge on any atom is -0.462 e. The van der Waals surface area contributed by atoms with E-state index in [0.717, 1.165) is 114 Å². The van der Waals surface area contributed by atoms with Gasteiger partial charge in [-0.25, -0.2) is 9.13 Å². The number of unbranched alkanes of at least 4 members (excludes halogenated alkanes) is 34. The predicted molar refractivity (Wildman–Crippen MR) is 363 cm³/mol. The van der Waals surface area contributed by atoms with Gasteiger partial charge in [-0.15, -0.1) is 0 Å². The molecule has 0 heterocycles. The number of ether oxygens (including phenoxy) is 4. The molecule has 0 fully saturated rings. The minimum absolute atomic E-state index is 0.104. The van der Waals surface area contributed by atoms with E-state index in [-0.39, 0.29) is 25.7 Å². The maximum absolute atomic E-state index is 13.0. The molecule has 0 aromatic heterocycles. The summed E-state index contributed by atoms with van der Waals surface area (Å²) >= 11 is 0. The van der Waals surface area contributed by atoms with Crippen LogP contribution in [0.3, 0.4) is 0 Å². The van der Waals surface area contributed by atoms with Crippen LogP contribution in [-0.2, 0) is 65.4 Å². The van der Waals surface area contributed by atoms with Crippen LogP contribution in [0.15, 0.2) is 0 Å². The lowest BCUT2D eigenvalue weighted by atomic mass is 10.0. The Kier molecular flexibility index (Phi) is 59.4. The summed E-state index contributed by atoms with van der Waals surface area (Å²) in [6.07, 6.45) is 43.3. The summed E-state index contributed by atoms with van der Waals surface area (Å²) in [6, 6.07) is 0. The third-order valence-electron chi connectivity index (χ3n) is 16.3. The van der Waals surface area contributed by atoms with E-state index in [1.54, 1.807) is 0 Å². The molecule has 19 heteroatoms. The van der Waals surface area contributed by atoms with Gasteiger partial charge < -0.3 is 33.8 Å². The Bertz CT molecular complexity index is 1780. The summed E-state index contributed by atoms with van der Waals surface area (Å²) in [5.74, 6) is 0.821. The van der Waals surface area contributed by atoms with E-state index < -0.39 is 97.5 Å². The van der Waals surface area contributed by atoms with Gasteiger partial charge in [-0.2, -0.15) is 0 Å². The molecule has 0 aliphatic carbocycles. The number of rotatable bonds is 68. The molecule has 0 radical (unpaired) electrons. The van der Waals surface area contributed by atoms with Crippen molar-refractivity contribution in [2.75, 3.05) is 39.6 Å². The van der Waals surface area contributed by atoms with Crippen LogP contribution in [0.2, 0.25) is 0 Å². The van der Waals surface area contributed by atoms with Gasteiger partial charge in [0.15, 0.2) is 12.2 Å². The summed E-state index contributed by atoms with van der Waals surface area (Å²) in [6.45, 7) is 14.1. The molecule has 0 aliphatic rings.